The number of carbonyl (C=O) groups is 1. The van der Waals surface area contributed by atoms with Crippen molar-refractivity contribution in [3.05, 3.63) is 21.9 Å². The van der Waals surface area contributed by atoms with Gasteiger partial charge in [-0.2, -0.15) is 0 Å². The Hall–Kier alpha value is -1.35. The van der Waals surface area contributed by atoms with Crippen LogP contribution >= 0.6 is 11.3 Å². The number of thiophene rings is 1. The summed E-state index contributed by atoms with van der Waals surface area (Å²) < 4.78 is 0. The Kier molecular flexibility index (Phi) is 4.06. The van der Waals surface area contributed by atoms with Gasteiger partial charge in [-0.3, -0.25) is 9.69 Å². The van der Waals surface area contributed by atoms with Gasteiger partial charge in [0.25, 0.3) is 5.91 Å². The molecular weight excluding hydrogens is 270 g/mol. The molecule has 1 amide bonds. The fourth-order valence-corrected chi connectivity index (χ4v) is 3.36. The van der Waals surface area contributed by atoms with Crippen LogP contribution in [-0.4, -0.2) is 42.5 Å². The van der Waals surface area contributed by atoms with Crippen molar-refractivity contribution in [1.82, 2.24) is 10.2 Å². The summed E-state index contributed by atoms with van der Waals surface area (Å²) in [6.45, 7) is 2.46. The number of hydrogen-bond acceptors (Lipinski definition) is 4. The van der Waals surface area contributed by atoms with Crippen LogP contribution in [0.3, 0.4) is 0 Å². The molecule has 3 N–H and O–H groups in total. The van der Waals surface area contributed by atoms with Gasteiger partial charge in [0.2, 0.25) is 0 Å². The van der Waals surface area contributed by atoms with Crippen LogP contribution in [0, 0.1) is 11.8 Å². The number of carbonyl (C=O) groups excluding carboxylic acids is 1. The Morgan fingerprint density at radius 1 is 1.50 bits per heavy atom. The predicted octanol–water partition coefficient (Wildman–Crippen LogP) is 1.02. The molecule has 1 aromatic heterocycles. The maximum Gasteiger partial charge on any atom is 0.252 e. The third-order valence-corrected chi connectivity index (χ3v) is 4.64. The van der Waals surface area contributed by atoms with Gasteiger partial charge in [0.1, 0.15) is 0 Å². The first kappa shape index (κ1) is 13.6. The molecule has 1 aliphatic carbocycles. The molecule has 0 spiro atoms. The molecule has 1 saturated carbocycles. The van der Waals surface area contributed by atoms with E-state index in [1.165, 1.54) is 24.2 Å². The number of rotatable bonds is 3. The molecule has 20 heavy (non-hydrogen) atoms. The minimum Gasteiger partial charge on any atom is -0.348 e. The predicted molar refractivity (Wildman–Crippen MR) is 80.7 cm³/mol. The van der Waals surface area contributed by atoms with Gasteiger partial charge in [0, 0.05) is 30.6 Å². The van der Waals surface area contributed by atoms with E-state index >= 15 is 0 Å². The summed E-state index contributed by atoms with van der Waals surface area (Å²) in [5, 5.41) is 4.99. The lowest BCUT2D eigenvalue weighted by atomic mass is 10.2. The first-order chi connectivity index (χ1) is 9.76. The zero-order valence-corrected chi connectivity index (χ0v) is 12.2. The molecule has 1 atom stereocenters. The fourth-order valence-electron chi connectivity index (χ4n) is 2.60. The van der Waals surface area contributed by atoms with Crippen LogP contribution in [0.5, 0.6) is 0 Å². The van der Waals surface area contributed by atoms with Crippen molar-refractivity contribution in [2.45, 2.75) is 31.3 Å². The van der Waals surface area contributed by atoms with Crippen molar-refractivity contribution in [2.24, 2.45) is 5.73 Å². The second-order valence-electron chi connectivity index (χ2n) is 5.39. The second kappa shape index (κ2) is 5.96. The number of nitrogens with two attached hydrogens (primary N) is 1. The van der Waals surface area contributed by atoms with Gasteiger partial charge in [-0.25, -0.2) is 0 Å². The molecule has 0 bridgehead atoms. The number of hydrogen-bond donors (Lipinski definition) is 2. The standard InChI is InChI=1S/C15H19N3OS/c16-6-1-2-14-8-11(10-20-14)15(19)17-12-5-7-18(9-12)13-3-4-13/h8,10,12-13H,3-7,9,16H2,(H,17,19). The maximum atomic E-state index is 12.2. The van der Waals surface area contributed by atoms with Crippen LogP contribution < -0.4 is 11.1 Å². The zero-order chi connectivity index (χ0) is 13.9. The monoisotopic (exact) mass is 289 g/mol. The van der Waals surface area contributed by atoms with Gasteiger partial charge >= 0.3 is 0 Å². The smallest absolute Gasteiger partial charge is 0.252 e. The summed E-state index contributed by atoms with van der Waals surface area (Å²) in [6.07, 6.45) is 3.72. The topological polar surface area (TPSA) is 58.4 Å². The van der Waals surface area contributed by atoms with Crippen LogP contribution in [0.15, 0.2) is 11.4 Å². The summed E-state index contributed by atoms with van der Waals surface area (Å²) in [5.41, 5.74) is 6.05. The van der Waals surface area contributed by atoms with Crippen molar-refractivity contribution in [1.29, 1.82) is 0 Å². The maximum absolute atomic E-state index is 12.2. The number of nitrogens with zero attached hydrogens (tertiary/aromatic N) is 1. The highest BCUT2D eigenvalue weighted by atomic mass is 32.1. The Balaban J connectivity index is 1.55. The Morgan fingerprint density at radius 3 is 3.10 bits per heavy atom. The minimum absolute atomic E-state index is 0.0182. The fraction of sp³-hybridized carbons (Fsp3) is 0.533. The molecule has 1 unspecified atom stereocenters. The van der Waals surface area contributed by atoms with Gasteiger partial charge in [0.05, 0.1) is 17.0 Å². The quantitative estimate of drug-likeness (QED) is 0.817. The summed E-state index contributed by atoms with van der Waals surface area (Å²) in [7, 11) is 0. The molecule has 5 heteroatoms. The molecule has 2 heterocycles. The van der Waals surface area contributed by atoms with Crippen LogP contribution in [0.25, 0.3) is 0 Å². The van der Waals surface area contributed by atoms with Crippen LogP contribution in [-0.2, 0) is 0 Å². The molecule has 3 rings (SSSR count). The van der Waals surface area contributed by atoms with E-state index < -0.39 is 0 Å². The molecule has 0 radical (unpaired) electrons. The lowest BCUT2D eigenvalue weighted by Gasteiger charge is -2.15. The second-order valence-corrected chi connectivity index (χ2v) is 6.30. The molecule has 0 aromatic carbocycles. The average Bonchev–Trinajstić information content (AvgIpc) is 3.01. The van der Waals surface area contributed by atoms with Gasteiger partial charge in [-0.1, -0.05) is 11.8 Å². The molecule has 1 saturated heterocycles. The Bertz CT molecular complexity index is 553. The first-order valence-corrected chi connectivity index (χ1v) is 7.96. The van der Waals surface area contributed by atoms with Gasteiger partial charge in [0.15, 0.2) is 0 Å². The van der Waals surface area contributed by atoms with Crippen molar-refractivity contribution in [2.75, 3.05) is 19.6 Å². The largest absolute Gasteiger partial charge is 0.348 e. The summed E-state index contributed by atoms with van der Waals surface area (Å²) in [6, 6.07) is 2.92. The van der Waals surface area contributed by atoms with E-state index in [4.69, 9.17) is 5.73 Å². The van der Waals surface area contributed by atoms with Crippen molar-refractivity contribution >= 4 is 17.2 Å². The summed E-state index contributed by atoms with van der Waals surface area (Å²) in [4.78, 5) is 15.6. The molecular formula is C15H19N3OS. The lowest BCUT2D eigenvalue weighted by Crippen LogP contribution is -2.37. The van der Waals surface area contributed by atoms with Crippen LogP contribution in [0.2, 0.25) is 0 Å². The molecule has 4 nitrogen and oxygen atoms in total. The van der Waals surface area contributed by atoms with E-state index in [0.29, 0.717) is 18.2 Å². The van der Waals surface area contributed by atoms with Crippen LogP contribution in [0.1, 0.15) is 34.5 Å². The van der Waals surface area contributed by atoms with E-state index in [1.807, 2.05) is 11.4 Å². The van der Waals surface area contributed by atoms with E-state index in [0.717, 1.165) is 30.4 Å². The third-order valence-electron chi connectivity index (χ3n) is 3.79. The van der Waals surface area contributed by atoms with Crippen molar-refractivity contribution in [3.63, 3.8) is 0 Å². The normalized spacial score (nSPS) is 22.4. The lowest BCUT2D eigenvalue weighted by molar-refractivity contribution is 0.0938. The third kappa shape index (κ3) is 3.21. The van der Waals surface area contributed by atoms with Gasteiger partial charge in [-0.15, -0.1) is 11.3 Å². The van der Waals surface area contributed by atoms with Crippen LogP contribution in [0.4, 0.5) is 0 Å². The summed E-state index contributed by atoms with van der Waals surface area (Å²) in [5.74, 6) is 5.78. The van der Waals surface area contributed by atoms with Crippen molar-refractivity contribution in [3.8, 4) is 11.8 Å². The van der Waals surface area contributed by atoms with E-state index in [9.17, 15) is 4.79 Å². The van der Waals surface area contributed by atoms with Gasteiger partial charge in [-0.05, 0) is 25.3 Å². The minimum atomic E-state index is 0.0182. The highest BCUT2D eigenvalue weighted by molar-refractivity contribution is 7.10. The van der Waals surface area contributed by atoms with E-state index in [-0.39, 0.29) is 5.91 Å². The van der Waals surface area contributed by atoms with Gasteiger partial charge < -0.3 is 11.1 Å². The molecule has 1 aromatic rings. The van der Waals surface area contributed by atoms with E-state index in [2.05, 4.69) is 22.1 Å². The number of nitrogens with one attached hydrogen (secondary N) is 1. The molecule has 1 aliphatic heterocycles. The first-order valence-electron chi connectivity index (χ1n) is 7.08. The number of amides is 1. The molecule has 106 valence electrons. The highest BCUT2D eigenvalue weighted by Gasteiger charge is 2.34. The highest BCUT2D eigenvalue weighted by Crippen LogP contribution is 2.29. The average molecular weight is 289 g/mol. The summed E-state index contributed by atoms with van der Waals surface area (Å²) >= 11 is 1.49. The molecule has 2 aliphatic rings. The Morgan fingerprint density at radius 2 is 2.35 bits per heavy atom. The SMILES string of the molecule is NCC#Cc1cc(C(=O)NC2CCN(C3CC3)C2)cs1. The van der Waals surface area contributed by atoms with Crippen molar-refractivity contribution < 1.29 is 4.79 Å². The zero-order valence-electron chi connectivity index (χ0n) is 11.4. The Labute approximate surface area is 123 Å². The van der Waals surface area contributed by atoms with E-state index in [1.54, 1.807) is 0 Å². The number of likely N-dealkylation sites (tertiary alicyclic amines) is 1. The molecule has 2 fully saturated rings.